The molecule has 0 saturated heterocycles. The van der Waals surface area contributed by atoms with Crippen LogP contribution in [0.4, 0.5) is 5.13 Å². The van der Waals surface area contributed by atoms with Crippen LogP contribution in [-0.4, -0.2) is 44.2 Å². The van der Waals surface area contributed by atoms with Crippen molar-refractivity contribution in [3.05, 3.63) is 47.0 Å². The summed E-state index contributed by atoms with van der Waals surface area (Å²) in [5.41, 5.74) is 2.21. The number of aromatic nitrogens is 1. The van der Waals surface area contributed by atoms with Gasteiger partial charge in [-0.3, -0.25) is 4.99 Å². The van der Waals surface area contributed by atoms with Gasteiger partial charge in [0.05, 0.1) is 12.2 Å². The van der Waals surface area contributed by atoms with E-state index >= 15 is 0 Å². The molecule has 0 aliphatic heterocycles. The number of thiazole rings is 1. The predicted octanol–water partition coefficient (Wildman–Crippen LogP) is 3.00. The number of anilines is 1. The summed E-state index contributed by atoms with van der Waals surface area (Å²) >= 11 is 1.64. The van der Waals surface area contributed by atoms with Crippen molar-refractivity contribution in [2.24, 2.45) is 4.99 Å². The molecule has 1 atom stereocenters. The van der Waals surface area contributed by atoms with Gasteiger partial charge < -0.3 is 20.9 Å². The second kappa shape index (κ2) is 9.71. The van der Waals surface area contributed by atoms with E-state index in [1.165, 1.54) is 5.56 Å². The van der Waals surface area contributed by atoms with E-state index in [9.17, 15) is 0 Å². The zero-order valence-corrected chi connectivity index (χ0v) is 18.0. The van der Waals surface area contributed by atoms with Crippen LogP contribution >= 0.6 is 11.3 Å². The first-order chi connectivity index (χ1) is 12.8. The van der Waals surface area contributed by atoms with E-state index in [1.54, 1.807) is 18.4 Å². The molecule has 1 aromatic carbocycles. The zero-order valence-electron chi connectivity index (χ0n) is 17.2. The molecule has 0 fully saturated rings. The molecule has 0 amide bonds. The Balaban J connectivity index is 1.82. The number of aliphatic imine (C=N–C) groups is 1. The Morgan fingerprint density at radius 1 is 1.22 bits per heavy atom. The van der Waals surface area contributed by atoms with Crippen LogP contribution in [0, 0.1) is 0 Å². The Hall–Kier alpha value is -2.12. The lowest BCUT2D eigenvalue weighted by molar-refractivity contribution is 0.345. The smallest absolute Gasteiger partial charge is 0.191 e. The second-order valence-electron chi connectivity index (χ2n) is 7.46. The van der Waals surface area contributed by atoms with Crippen molar-refractivity contribution in [2.45, 2.75) is 38.9 Å². The van der Waals surface area contributed by atoms with Crippen LogP contribution in [0.1, 0.15) is 38.1 Å². The Morgan fingerprint density at radius 3 is 2.52 bits per heavy atom. The van der Waals surface area contributed by atoms with Crippen molar-refractivity contribution < 1.29 is 0 Å². The number of hydrogen-bond acceptors (Lipinski definition) is 5. The van der Waals surface area contributed by atoms with Crippen molar-refractivity contribution in [3.8, 4) is 0 Å². The molecular formula is C20H32N6S. The van der Waals surface area contributed by atoms with Gasteiger partial charge in [-0.2, -0.15) is 0 Å². The van der Waals surface area contributed by atoms with Gasteiger partial charge in [0, 0.05) is 44.6 Å². The molecule has 0 aliphatic rings. The Morgan fingerprint density at radius 2 is 1.93 bits per heavy atom. The Bertz CT molecular complexity index is 723. The molecule has 6 nitrogen and oxygen atoms in total. The molecule has 1 unspecified atom stereocenters. The monoisotopic (exact) mass is 388 g/mol. The summed E-state index contributed by atoms with van der Waals surface area (Å²) in [4.78, 5) is 10.9. The van der Waals surface area contributed by atoms with E-state index in [0.717, 1.165) is 23.3 Å². The van der Waals surface area contributed by atoms with E-state index in [0.29, 0.717) is 6.54 Å². The van der Waals surface area contributed by atoms with Crippen LogP contribution in [0.15, 0.2) is 40.7 Å². The number of hydrogen-bond donors (Lipinski definition) is 3. The summed E-state index contributed by atoms with van der Waals surface area (Å²) in [6.07, 6.45) is 0. The van der Waals surface area contributed by atoms with Crippen LogP contribution < -0.4 is 20.9 Å². The molecule has 2 rings (SSSR count). The minimum Gasteiger partial charge on any atom is -0.355 e. The van der Waals surface area contributed by atoms with Crippen molar-refractivity contribution in [1.82, 2.24) is 20.9 Å². The topological polar surface area (TPSA) is 64.6 Å². The fourth-order valence-electron chi connectivity index (χ4n) is 2.74. The SMILES string of the molecule is CN=C(NCc1csc(N(C)C)n1)NCC(C)(C)NC(C)c1ccccc1. The van der Waals surface area contributed by atoms with Gasteiger partial charge in [-0.05, 0) is 26.3 Å². The van der Waals surface area contributed by atoms with Gasteiger partial charge in [-0.25, -0.2) is 4.98 Å². The lowest BCUT2D eigenvalue weighted by atomic mass is 10.0. The van der Waals surface area contributed by atoms with E-state index in [2.05, 4.69) is 76.3 Å². The Kier molecular flexibility index (Phi) is 7.62. The zero-order chi connectivity index (χ0) is 19.9. The summed E-state index contributed by atoms with van der Waals surface area (Å²) < 4.78 is 0. The number of nitrogens with zero attached hydrogens (tertiary/aromatic N) is 3. The van der Waals surface area contributed by atoms with E-state index in [-0.39, 0.29) is 11.6 Å². The summed E-state index contributed by atoms with van der Waals surface area (Å²) in [5, 5.41) is 13.5. The average Bonchev–Trinajstić information content (AvgIpc) is 3.11. The number of benzene rings is 1. The standard InChI is InChI=1S/C20H32N6S/c1-15(16-10-8-7-9-11-16)25-20(2,3)14-23-18(21-4)22-12-17-13-27-19(24-17)26(5)6/h7-11,13,15,25H,12,14H2,1-6H3,(H2,21,22,23). The maximum Gasteiger partial charge on any atom is 0.191 e. The highest BCUT2D eigenvalue weighted by Crippen LogP contribution is 2.18. The normalized spacial score (nSPS) is 13.3. The van der Waals surface area contributed by atoms with Gasteiger partial charge in [0.1, 0.15) is 0 Å². The average molecular weight is 389 g/mol. The van der Waals surface area contributed by atoms with Gasteiger partial charge in [0.15, 0.2) is 11.1 Å². The molecule has 1 heterocycles. The molecule has 3 N–H and O–H groups in total. The second-order valence-corrected chi connectivity index (χ2v) is 8.29. The minimum absolute atomic E-state index is 0.0917. The lowest BCUT2D eigenvalue weighted by Crippen LogP contribution is -2.52. The van der Waals surface area contributed by atoms with E-state index in [1.807, 2.05) is 25.1 Å². The number of rotatable bonds is 8. The van der Waals surface area contributed by atoms with Crippen LogP contribution in [0.25, 0.3) is 0 Å². The third-order valence-corrected chi connectivity index (χ3v) is 5.24. The molecule has 0 spiro atoms. The maximum atomic E-state index is 4.58. The first-order valence-electron chi connectivity index (χ1n) is 9.19. The lowest BCUT2D eigenvalue weighted by Gasteiger charge is -2.31. The molecule has 0 radical (unpaired) electrons. The van der Waals surface area contributed by atoms with Crippen molar-refractivity contribution in [1.29, 1.82) is 0 Å². The van der Waals surface area contributed by atoms with Crippen molar-refractivity contribution in [3.63, 3.8) is 0 Å². The van der Waals surface area contributed by atoms with Gasteiger partial charge in [0.2, 0.25) is 0 Å². The highest BCUT2D eigenvalue weighted by atomic mass is 32.1. The molecule has 7 heteroatoms. The van der Waals surface area contributed by atoms with Crippen LogP contribution in [0.2, 0.25) is 0 Å². The van der Waals surface area contributed by atoms with Gasteiger partial charge >= 0.3 is 0 Å². The predicted molar refractivity (Wildman–Crippen MR) is 117 cm³/mol. The van der Waals surface area contributed by atoms with Crippen LogP contribution in [0.5, 0.6) is 0 Å². The molecule has 148 valence electrons. The molecule has 0 aliphatic carbocycles. The number of nitrogens with one attached hydrogen (secondary N) is 3. The van der Waals surface area contributed by atoms with Crippen molar-refractivity contribution in [2.75, 3.05) is 32.6 Å². The fourth-order valence-corrected chi connectivity index (χ4v) is 3.50. The maximum absolute atomic E-state index is 4.58. The fraction of sp³-hybridized carbons (Fsp3) is 0.500. The first-order valence-corrected chi connectivity index (χ1v) is 10.1. The third-order valence-electron chi connectivity index (χ3n) is 4.19. The molecule has 1 aromatic heterocycles. The largest absolute Gasteiger partial charge is 0.355 e. The molecule has 2 aromatic rings. The van der Waals surface area contributed by atoms with Gasteiger partial charge in [-0.15, -0.1) is 11.3 Å². The van der Waals surface area contributed by atoms with Gasteiger partial charge in [-0.1, -0.05) is 30.3 Å². The third kappa shape index (κ3) is 6.84. The molecular weight excluding hydrogens is 356 g/mol. The molecule has 0 saturated carbocycles. The molecule has 27 heavy (non-hydrogen) atoms. The highest BCUT2D eigenvalue weighted by molar-refractivity contribution is 7.13. The van der Waals surface area contributed by atoms with Gasteiger partial charge in [0.25, 0.3) is 0 Å². The first kappa shape index (κ1) is 21.2. The van der Waals surface area contributed by atoms with Crippen LogP contribution in [-0.2, 0) is 6.54 Å². The minimum atomic E-state index is -0.0917. The van der Waals surface area contributed by atoms with E-state index < -0.39 is 0 Å². The molecule has 0 bridgehead atoms. The quantitative estimate of drug-likeness (QED) is 0.479. The van der Waals surface area contributed by atoms with E-state index in [4.69, 9.17) is 0 Å². The summed E-state index contributed by atoms with van der Waals surface area (Å²) in [5.74, 6) is 0.775. The number of guanidine groups is 1. The van der Waals surface area contributed by atoms with Crippen molar-refractivity contribution >= 4 is 22.4 Å². The van der Waals surface area contributed by atoms with Crippen LogP contribution in [0.3, 0.4) is 0 Å². The highest BCUT2D eigenvalue weighted by Gasteiger charge is 2.21. The summed E-state index contributed by atoms with van der Waals surface area (Å²) in [7, 11) is 5.79. The summed E-state index contributed by atoms with van der Waals surface area (Å²) in [6.45, 7) is 7.98. The summed E-state index contributed by atoms with van der Waals surface area (Å²) in [6, 6.07) is 10.8. The Labute approximate surface area is 167 Å².